The van der Waals surface area contributed by atoms with Crippen LogP contribution in [0.4, 0.5) is 11.6 Å². The molecule has 2 amide bonds. The second kappa shape index (κ2) is 7.39. The molecule has 2 aromatic rings. The quantitative estimate of drug-likeness (QED) is 0.799. The maximum Gasteiger partial charge on any atom is 0.240 e. The number of hydrogen-bond donors (Lipinski definition) is 1. The molecule has 1 saturated heterocycles. The number of carbonyl (C=O) groups is 2. The summed E-state index contributed by atoms with van der Waals surface area (Å²) in [5, 5.41) is 3.54. The minimum atomic E-state index is -0.933. The first kappa shape index (κ1) is 18.7. The van der Waals surface area contributed by atoms with E-state index in [0.717, 1.165) is 5.56 Å². The Kier molecular flexibility index (Phi) is 4.93. The van der Waals surface area contributed by atoms with E-state index >= 15 is 0 Å². The van der Waals surface area contributed by atoms with E-state index in [4.69, 9.17) is 11.6 Å². The first-order valence-corrected chi connectivity index (χ1v) is 9.76. The highest BCUT2D eigenvalue weighted by Crippen LogP contribution is 2.48. The van der Waals surface area contributed by atoms with Crippen LogP contribution >= 0.6 is 11.6 Å². The van der Waals surface area contributed by atoms with Crippen LogP contribution in [0.25, 0.3) is 0 Å². The number of nitrogens with one attached hydrogen (secondary N) is 1. The minimum Gasteiger partial charge on any atom is -0.338 e. The van der Waals surface area contributed by atoms with Crippen LogP contribution in [-0.4, -0.2) is 52.9 Å². The number of hydrogen-bond acceptors (Lipinski definition) is 5. The highest BCUT2D eigenvalue weighted by Gasteiger charge is 2.58. The van der Waals surface area contributed by atoms with E-state index in [2.05, 4.69) is 20.2 Å². The fourth-order valence-electron chi connectivity index (χ4n) is 3.54. The normalized spacial score (nSPS) is 17.9. The number of carbonyl (C=O) groups excluding carboxylic acids is 2. The molecule has 28 heavy (non-hydrogen) atoms. The number of piperazine rings is 1. The molecular weight excluding hydrogens is 378 g/mol. The van der Waals surface area contributed by atoms with Gasteiger partial charge in [0.05, 0.1) is 0 Å². The monoisotopic (exact) mass is 399 g/mol. The van der Waals surface area contributed by atoms with Gasteiger partial charge in [0, 0.05) is 49.3 Å². The zero-order chi connectivity index (χ0) is 19.7. The van der Waals surface area contributed by atoms with Crippen molar-refractivity contribution in [2.45, 2.75) is 19.8 Å². The summed E-state index contributed by atoms with van der Waals surface area (Å²) >= 11 is 5.98. The van der Waals surface area contributed by atoms with Gasteiger partial charge in [-0.3, -0.25) is 9.59 Å². The molecule has 4 rings (SSSR count). The van der Waals surface area contributed by atoms with Gasteiger partial charge in [0.1, 0.15) is 5.41 Å². The van der Waals surface area contributed by atoms with Crippen molar-refractivity contribution in [3.8, 4) is 0 Å². The molecule has 7 nitrogen and oxygen atoms in total. The Morgan fingerprint density at radius 3 is 2.39 bits per heavy atom. The molecule has 0 spiro atoms. The third-order valence-corrected chi connectivity index (χ3v) is 5.67. The van der Waals surface area contributed by atoms with Gasteiger partial charge in [0.2, 0.25) is 17.8 Å². The first-order chi connectivity index (χ1) is 13.5. The van der Waals surface area contributed by atoms with Crippen molar-refractivity contribution in [3.05, 3.63) is 47.2 Å². The van der Waals surface area contributed by atoms with Gasteiger partial charge in [-0.25, -0.2) is 9.97 Å². The van der Waals surface area contributed by atoms with Gasteiger partial charge >= 0.3 is 0 Å². The van der Waals surface area contributed by atoms with Gasteiger partial charge in [0.25, 0.3) is 0 Å². The third-order valence-electron chi connectivity index (χ3n) is 5.43. The van der Waals surface area contributed by atoms with E-state index in [-0.39, 0.29) is 11.8 Å². The summed E-state index contributed by atoms with van der Waals surface area (Å²) in [6.07, 6.45) is 4.60. The van der Waals surface area contributed by atoms with Crippen molar-refractivity contribution in [2.75, 3.05) is 36.4 Å². The molecule has 1 aliphatic heterocycles. The van der Waals surface area contributed by atoms with E-state index < -0.39 is 5.41 Å². The maximum atomic E-state index is 13.1. The Morgan fingerprint density at radius 2 is 1.79 bits per heavy atom. The van der Waals surface area contributed by atoms with Crippen LogP contribution in [0.5, 0.6) is 0 Å². The molecule has 0 radical (unpaired) electrons. The number of amides is 2. The van der Waals surface area contributed by atoms with Crippen molar-refractivity contribution in [3.63, 3.8) is 0 Å². The Hall–Kier alpha value is -2.67. The molecule has 0 bridgehead atoms. The minimum absolute atomic E-state index is 0.0785. The van der Waals surface area contributed by atoms with Crippen molar-refractivity contribution in [1.29, 1.82) is 0 Å². The zero-order valence-corrected chi connectivity index (χ0v) is 16.4. The number of aryl methyl sites for hydroxylation is 1. The molecule has 0 atom stereocenters. The lowest BCUT2D eigenvalue weighted by atomic mass is 10.0. The molecule has 1 N–H and O–H groups in total. The van der Waals surface area contributed by atoms with E-state index in [1.807, 2.05) is 6.92 Å². The van der Waals surface area contributed by atoms with E-state index in [1.54, 1.807) is 41.6 Å². The van der Waals surface area contributed by atoms with Gasteiger partial charge in [0.15, 0.2) is 0 Å². The summed E-state index contributed by atoms with van der Waals surface area (Å²) in [6.45, 7) is 4.32. The SMILES string of the molecule is Cc1cc(Cl)ccc1NC(=O)C1(C(=O)N2CCN(c3ncccn3)CC2)CC1. The third kappa shape index (κ3) is 3.54. The van der Waals surface area contributed by atoms with Crippen LogP contribution in [-0.2, 0) is 9.59 Å². The van der Waals surface area contributed by atoms with Gasteiger partial charge < -0.3 is 15.1 Å². The second-order valence-corrected chi connectivity index (χ2v) is 7.76. The van der Waals surface area contributed by atoms with Crippen LogP contribution in [0.1, 0.15) is 18.4 Å². The molecule has 1 saturated carbocycles. The number of nitrogens with zero attached hydrogens (tertiary/aromatic N) is 4. The van der Waals surface area contributed by atoms with Crippen molar-refractivity contribution in [1.82, 2.24) is 14.9 Å². The summed E-state index contributed by atoms with van der Waals surface area (Å²) < 4.78 is 0. The average molecular weight is 400 g/mol. The summed E-state index contributed by atoms with van der Waals surface area (Å²) in [7, 11) is 0. The Balaban J connectivity index is 1.40. The number of halogens is 1. The van der Waals surface area contributed by atoms with Crippen LogP contribution in [0, 0.1) is 12.3 Å². The predicted molar refractivity (Wildman–Crippen MR) is 107 cm³/mol. The molecule has 1 aromatic carbocycles. The highest BCUT2D eigenvalue weighted by molar-refractivity contribution is 6.30. The number of anilines is 2. The topological polar surface area (TPSA) is 78.4 Å². The smallest absolute Gasteiger partial charge is 0.240 e. The van der Waals surface area contributed by atoms with Crippen molar-refractivity contribution >= 4 is 35.1 Å². The molecule has 8 heteroatoms. The van der Waals surface area contributed by atoms with Crippen LogP contribution in [0.15, 0.2) is 36.7 Å². The number of aromatic nitrogens is 2. The maximum absolute atomic E-state index is 13.1. The molecule has 2 aliphatic rings. The summed E-state index contributed by atoms with van der Waals surface area (Å²) in [4.78, 5) is 38.3. The van der Waals surface area contributed by atoms with Gasteiger partial charge in [-0.1, -0.05) is 11.6 Å². The Bertz CT molecular complexity index is 893. The predicted octanol–water partition coefficient (Wildman–Crippen LogP) is 2.51. The first-order valence-electron chi connectivity index (χ1n) is 9.38. The number of rotatable bonds is 4. The lowest BCUT2D eigenvalue weighted by Crippen LogP contribution is -2.53. The molecule has 146 valence electrons. The largest absolute Gasteiger partial charge is 0.338 e. The molecule has 1 aromatic heterocycles. The second-order valence-electron chi connectivity index (χ2n) is 7.32. The standard InChI is InChI=1S/C20H22ClN5O2/c1-14-13-15(21)3-4-16(14)24-17(27)20(5-6-20)18(28)25-9-11-26(12-10-25)19-22-7-2-8-23-19/h2-4,7-8,13H,5-6,9-12H2,1H3,(H,24,27). The lowest BCUT2D eigenvalue weighted by Gasteiger charge is -2.36. The van der Waals surface area contributed by atoms with E-state index in [1.165, 1.54) is 0 Å². The molecule has 2 fully saturated rings. The fraction of sp³-hybridized carbons (Fsp3) is 0.400. The average Bonchev–Trinajstić information content (AvgIpc) is 3.52. The molecule has 2 heterocycles. The van der Waals surface area contributed by atoms with E-state index in [9.17, 15) is 9.59 Å². The van der Waals surface area contributed by atoms with Crippen LogP contribution in [0.2, 0.25) is 5.02 Å². The van der Waals surface area contributed by atoms with E-state index in [0.29, 0.717) is 55.7 Å². The zero-order valence-electron chi connectivity index (χ0n) is 15.7. The van der Waals surface area contributed by atoms with Gasteiger partial charge in [-0.15, -0.1) is 0 Å². The van der Waals surface area contributed by atoms with Crippen LogP contribution in [0.3, 0.4) is 0 Å². The van der Waals surface area contributed by atoms with Gasteiger partial charge in [-0.05, 0) is 49.6 Å². The Morgan fingerprint density at radius 1 is 1.11 bits per heavy atom. The fourth-order valence-corrected chi connectivity index (χ4v) is 3.77. The lowest BCUT2D eigenvalue weighted by molar-refractivity contribution is -0.142. The van der Waals surface area contributed by atoms with Crippen LogP contribution < -0.4 is 10.2 Å². The molecule has 1 aliphatic carbocycles. The Labute approximate surface area is 168 Å². The number of benzene rings is 1. The van der Waals surface area contributed by atoms with Crippen molar-refractivity contribution < 1.29 is 9.59 Å². The molecule has 0 unspecified atom stereocenters. The van der Waals surface area contributed by atoms with Crippen molar-refractivity contribution in [2.24, 2.45) is 5.41 Å². The molecular formula is C20H22ClN5O2. The summed E-state index contributed by atoms with van der Waals surface area (Å²) in [6, 6.07) is 7.08. The van der Waals surface area contributed by atoms with Gasteiger partial charge in [-0.2, -0.15) is 0 Å². The summed E-state index contributed by atoms with van der Waals surface area (Å²) in [5.41, 5.74) is 0.636. The summed E-state index contributed by atoms with van der Waals surface area (Å²) in [5.74, 6) is 0.369. The highest BCUT2D eigenvalue weighted by atomic mass is 35.5.